The van der Waals surface area contributed by atoms with Gasteiger partial charge in [-0.3, -0.25) is 9.88 Å². The average Bonchev–Trinajstić information content (AvgIpc) is 2.44. The third-order valence-corrected chi connectivity index (χ3v) is 4.60. The van der Waals surface area contributed by atoms with E-state index in [1.807, 2.05) is 12.1 Å². The van der Waals surface area contributed by atoms with Crippen LogP contribution < -0.4 is 5.73 Å². The van der Waals surface area contributed by atoms with Crippen LogP contribution in [0.5, 0.6) is 0 Å². The summed E-state index contributed by atoms with van der Waals surface area (Å²) in [6, 6.07) is 3.70. The van der Waals surface area contributed by atoms with Gasteiger partial charge in [0.05, 0.1) is 29.1 Å². The monoisotopic (exact) mass is 255 g/mol. The van der Waals surface area contributed by atoms with Gasteiger partial charge in [-0.2, -0.15) is 0 Å². The first-order valence-corrected chi connectivity index (χ1v) is 7.50. The molecule has 1 aliphatic rings. The van der Waals surface area contributed by atoms with Crippen LogP contribution in [0.2, 0.25) is 0 Å². The number of pyridine rings is 1. The van der Waals surface area contributed by atoms with Crippen LogP contribution >= 0.6 is 0 Å². The second kappa shape index (κ2) is 5.01. The minimum absolute atomic E-state index is 0.252. The van der Waals surface area contributed by atoms with Gasteiger partial charge in [0.25, 0.3) is 0 Å². The summed E-state index contributed by atoms with van der Waals surface area (Å²) in [7, 11) is -2.83. The van der Waals surface area contributed by atoms with Crippen molar-refractivity contribution >= 4 is 15.5 Å². The molecule has 0 unspecified atom stereocenters. The molecule has 0 radical (unpaired) electrons. The van der Waals surface area contributed by atoms with Crippen molar-refractivity contribution in [1.29, 1.82) is 0 Å². The third kappa shape index (κ3) is 3.67. The molecule has 2 heterocycles. The number of nitrogens with zero attached hydrogens (tertiary/aromatic N) is 2. The van der Waals surface area contributed by atoms with Crippen LogP contribution in [0.15, 0.2) is 18.3 Å². The first-order valence-electron chi connectivity index (χ1n) is 5.68. The van der Waals surface area contributed by atoms with Crippen molar-refractivity contribution in [2.24, 2.45) is 0 Å². The highest BCUT2D eigenvalue weighted by Crippen LogP contribution is 2.09. The molecule has 5 nitrogen and oxygen atoms in total. The normalized spacial score (nSPS) is 20.9. The molecule has 17 heavy (non-hydrogen) atoms. The molecule has 0 aliphatic carbocycles. The van der Waals surface area contributed by atoms with E-state index in [4.69, 9.17) is 5.73 Å². The number of sulfone groups is 1. The Morgan fingerprint density at radius 3 is 2.82 bits per heavy atom. The maximum atomic E-state index is 11.5. The number of nitrogen functional groups attached to an aromatic ring is 1. The van der Waals surface area contributed by atoms with Crippen molar-refractivity contribution in [2.75, 3.05) is 30.3 Å². The highest BCUT2D eigenvalue weighted by molar-refractivity contribution is 7.91. The standard InChI is InChI=1S/C11H17N3O2S/c12-10-2-3-11(13-8-10)9-14-4-1-6-17(15,16)7-5-14/h2-3,8H,1,4-7,9,12H2. The van der Waals surface area contributed by atoms with Gasteiger partial charge in [-0.15, -0.1) is 0 Å². The SMILES string of the molecule is Nc1ccc(CN2CCCS(=O)(=O)CC2)nc1. The fraction of sp³-hybridized carbons (Fsp3) is 0.545. The molecule has 0 saturated carbocycles. The van der Waals surface area contributed by atoms with Crippen molar-refractivity contribution < 1.29 is 8.42 Å². The van der Waals surface area contributed by atoms with Crippen molar-refractivity contribution in [3.63, 3.8) is 0 Å². The van der Waals surface area contributed by atoms with E-state index in [0.717, 1.165) is 12.2 Å². The second-order valence-electron chi connectivity index (χ2n) is 4.36. The summed E-state index contributed by atoms with van der Waals surface area (Å²) in [6.45, 7) is 2.09. The summed E-state index contributed by atoms with van der Waals surface area (Å²) < 4.78 is 22.9. The van der Waals surface area contributed by atoms with Gasteiger partial charge in [-0.25, -0.2) is 8.42 Å². The average molecular weight is 255 g/mol. The molecule has 0 amide bonds. The molecule has 94 valence electrons. The zero-order valence-electron chi connectivity index (χ0n) is 9.67. The highest BCUT2D eigenvalue weighted by Gasteiger charge is 2.19. The third-order valence-electron chi connectivity index (χ3n) is 2.88. The van der Waals surface area contributed by atoms with Gasteiger partial charge in [-0.05, 0) is 25.1 Å². The Morgan fingerprint density at radius 2 is 2.12 bits per heavy atom. The van der Waals surface area contributed by atoms with E-state index < -0.39 is 9.84 Å². The van der Waals surface area contributed by atoms with Gasteiger partial charge in [-0.1, -0.05) is 0 Å². The topological polar surface area (TPSA) is 76.3 Å². The Balaban J connectivity index is 1.97. The van der Waals surface area contributed by atoms with Crippen LogP contribution in [0.3, 0.4) is 0 Å². The lowest BCUT2D eigenvalue weighted by atomic mass is 10.3. The molecule has 2 N–H and O–H groups in total. The molecule has 6 heteroatoms. The summed E-state index contributed by atoms with van der Waals surface area (Å²) >= 11 is 0. The predicted molar refractivity (Wildman–Crippen MR) is 67.2 cm³/mol. The number of rotatable bonds is 2. The number of hydrogen-bond acceptors (Lipinski definition) is 5. The number of nitrogens with two attached hydrogens (primary N) is 1. The molecule has 1 aromatic rings. The van der Waals surface area contributed by atoms with Crippen LogP contribution in [0.25, 0.3) is 0 Å². The smallest absolute Gasteiger partial charge is 0.151 e. The van der Waals surface area contributed by atoms with Gasteiger partial charge in [0.1, 0.15) is 0 Å². The summed E-state index contributed by atoms with van der Waals surface area (Å²) in [6.07, 6.45) is 2.33. The second-order valence-corrected chi connectivity index (χ2v) is 6.67. The Hall–Kier alpha value is -1.14. The quantitative estimate of drug-likeness (QED) is 0.821. The molecule has 0 bridgehead atoms. The van der Waals surface area contributed by atoms with Crippen molar-refractivity contribution in [3.05, 3.63) is 24.0 Å². The molecule has 1 saturated heterocycles. The van der Waals surface area contributed by atoms with E-state index >= 15 is 0 Å². The zero-order chi connectivity index (χ0) is 12.3. The maximum Gasteiger partial charge on any atom is 0.151 e. The molecular formula is C11H17N3O2S. The summed E-state index contributed by atoms with van der Waals surface area (Å²) in [5.41, 5.74) is 7.14. The van der Waals surface area contributed by atoms with Crippen molar-refractivity contribution in [3.8, 4) is 0 Å². The number of aromatic nitrogens is 1. The Kier molecular flexibility index (Phi) is 3.63. The lowest BCUT2D eigenvalue weighted by Gasteiger charge is -2.18. The van der Waals surface area contributed by atoms with Crippen LogP contribution in [0.4, 0.5) is 5.69 Å². The van der Waals surface area contributed by atoms with Gasteiger partial charge in [0, 0.05) is 13.1 Å². The number of hydrogen-bond donors (Lipinski definition) is 1. The molecule has 1 fully saturated rings. The Labute approximate surface area is 102 Å². The van der Waals surface area contributed by atoms with E-state index in [1.165, 1.54) is 0 Å². The van der Waals surface area contributed by atoms with Gasteiger partial charge >= 0.3 is 0 Å². The Bertz CT molecular complexity index is 470. The first kappa shape index (κ1) is 12.3. The molecule has 1 aliphatic heterocycles. The van der Waals surface area contributed by atoms with E-state index in [0.29, 0.717) is 31.0 Å². The zero-order valence-corrected chi connectivity index (χ0v) is 10.5. The number of anilines is 1. The summed E-state index contributed by atoms with van der Waals surface area (Å²) in [5, 5.41) is 0. The Morgan fingerprint density at radius 1 is 1.29 bits per heavy atom. The molecule has 1 aromatic heterocycles. The molecule has 0 aromatic carbocycles. The minimum atomic E-state index is -2.83. The molecule has 0 spiro atoms. The van der Waals surface area contributed by atoms with E-state index in [9.17, 15) is 8.42 Å². The lowest BCUT2D eigenvalue weighted by Crippen LogP contribution is -2.27. The summed E-state index contributed by atoms with van der Waals surface area (Å²) in [4.78, 5) is 6.35. The largest absolute Gasteiger partial charge is 0.397 e. The molecule has 0 atom stereocenters. The highest BCUT2D eigenvalue weighted by atomic mass is 32.2. The summed E-state index contributed by atoms with van der Waals surface area (Å²) in [5.74, 6) is 0.556. The fourth-order valence-electron chi connectivity index (χ4n) is 1.91. The van der Waals surface area contributed by atoms with Crippen LogP contribution in [0, 0.1) is 0 Å². The van der Waals surface area contributed by atoms with E-state index in [1.54, 1.807) is 6.20 Å². The lowest BCUT2D eigenvalue weighted by molar-refractivity contribution is 0.284. The predicted octanol–water partition coefficient (Wildman–Crippen LogP) is 0.284. The fourth-order valence-corrected chi connectivity index (χ4v) is 3.22. The van der Waals surface area contributed by atoms with E-state index in [2.05, 4.69) is 9.88 Å². The van der Waals surface area contributed by atoms with Gasteiger partial charge in [0.2, 0.25) is 0 Å². The van der Waals surface area contributed by atoms with Crippen LogP contribution in [-0.2, 0) is 16.4 Å². The first-order chi connectivity index (χ1) is 8.05. The van der Waals surface area contributed by atoms with Crippen molar-refractivity contribution in [1.82, 2.24) is 9.88 Å². The van der Waals surface area contributed by atoms with Gasteiger partial charge < -0.3 is 5.73 Å². The van der Waals surface area contributed by atoms with Crippen LogP contribution in [0.1, 0.15) is 12.1 Å². The maximum absolute atomic E-state index is 11.5. The van der Waals surface area contributed by atoms with Gasteiger partial charge in [0.15, 0.2) is 9.84 Å². The van der Waals surface area contributed by atoms with Crippen molar-refractivity contribution in [2.45, 2.75) is 13.0 Å². The van der Waals surface area contributed by atoms with E-state index in [-0.39, 0.29) is 5.75 Å². The molecule has 2 rings (SSSR count). The minimum Gasteiger partial charge on any atom is -0.397 e. The van der Waals surface area contributed by atoms with Crippen LogP contribution in [-0.4, -0.2) is 42.9 Å². The molecular weight excluding hydrogens is 238 g/mol.